The Bertz CT molecular complexity index is 1330. The van der Waals surface area contributed by atoms with Gasteiger partial charge in [0.2, 0.25) is 11.8 Å². The lowest BCUT2D eigenvalue weighted by molar-refractivity contribution is -0.139. The van der Waals surface area contributed by atoms with E-state index in [9.17, 15) is 36.3 Å². The molecule has 2 aliphatic rings. The van der Waals surface area contributed by atoms with Crippen molar-refractivity contribution in [2.24, 2.45) is 0 Å². The molecule has 2 aromatic rings. The Labute approximate surface area is 240 Å². The molecule has 2 aliphatic heterocycles. The van der Waals surface area contributed by atoms with Gasteiger partial charge in [-0.1, -0.05) is 36.4 Å². The first kappa shape index (κ1) is 31.1. The smallest absolute Gasteiger partial charge is 0.390 e. The van der Waals surface area contributed by atoms with Gasteiger partial charge in [-0.3, -0.25) is 24.6 Å². The van der Waals surface area contributed by atoms with Crippen LogP contribution in [-0.2, 0) is 29.3 Å². The molecule has 3 amide bonds. The molecule has 0 aliphatic carbocycles. The van der Waals surface area contributed by atoms with E-state index in [1.165, 1.54) is 22.8 Å². The number of carbonyl (C=O) groups is 3. The Hall–Kier alpha value is -3.80. The molecule has 1 saturated heterocycles. The molecule has 0 aromatic heterocycles. The molecular weight excluding hydrogens is 561 g/mol. The lowest BCUT2D eigenvalue weighted by Crippen LogP contribution is -2.52. The molecule has 0 spiro atoms. The summed E-state index contributed by atoms with van der Waals surface area (Å²) in [6, 6.07) is 11.2. The predicted octanol–water partition coefficient (Wildman–Crippen LogP) is 5.38. The third kappa shape index (κ3) is 8.15. The van der Waals surface area contributed by atoms with Crippen LogP contribution in [0.4, 0.5) is 22.0 Å². The van der Waals surface area contributed by atoms with Crippen molar-refractivity contribution in [1.29, 1.82) is 0 Å². The molecule has 0 radical (unpaired) electrons. The highest BCUT2D eigenvalue weighted by molar-refractivity contribution is 6.05. The summed E-state index contributed by atoms with van der Waals surface area (Å²) in [5, 5.41) is 2.27. The van der Waals surface area contributed by atoms with Gasteiger partial charge in [-0.2, -0.15) is 13.2 Å². The van der Waals surface area contributed by atoms with E-state index < -0.39 is 43.4 Å². The fourth-order valence-corrected chi connectivity index (χ4v) is 5.04. The Morgan fingerprint density at radius 3 is 2.36 bits per heavy atom. The van der Waals surface area contributed by atoms with Gasteiger partial charge in [0.05, 0.1) is 13.0 Å². The summed E-state index contributed by atoms with van der Waals surface area (Å²) in [7, 11) is 0. The fraction of sp³-hybridized carbons (Fsp3) is 0.433. The van der Waals surface area contributed by atoms with Crippen LogP contribution in [-0.4, -0.2) is 58.8 Å². The van der Waals surface area contributed by atoms with E-state index in [1.807, 2.05) is 0 Å². The standard InChI is InChI=1S/C30H32F5N3O4/c1-2-12-29(31,32)13-15-37(16-14-30(33,34)35)17-20-6-8-21(9-7-20)19-42-25-5-3-4-22-23(25)18-38(28(22)41)24-10-11-26(39)36-27(24)40/h2-9,12,24H,10-11,13-19H2,1H3,(H,36,39,40)/b12-2+. The summed E-state index contributed by atoms with van der Waals surface area (Å²) >= 11 is 0. The monoisotopic (exact) mass is 593 g/mol. The minimum atomic E-state index is -4.40. The van der Waals surface area contributed by atoms with Crippen LogP contribution < -0.4 is 10.1 Å². The first-order valence-electron chi connectivity index (χ1n) is 13.6. The van der Waals surface area contributed by atoms with Crippen LogP contribution in [0.1, 0.15) is 59.7 Å². The zero-order chi connectivity index (χ0) is 30.5. The van der Waals surface area contributed by atoms with E-state index in [-0.39, 0.29) is 50.9 Å². The molecule has 226 valence electrons. The number of hydrogen-bond acceptors (Lipinski definition) is 5. The largest absolute Gasteiger partial charge is 0.489 e. The average molecular weight is 594 g/mol. The molecule has 7 nitrogen and oxygen atoms in total. The number of benzene rings is 2. The molecule has 12 heteroatoms. The van der Waals surface area contributed by atoms with Crippen LogP contribution in [0.15, 0.2) is 54.6 Å². The van der Waals surface area contributed by atoms with Crippen molar-refractivity contribution < 1.29 is 41.1 Å². The van der Waals surface area contributed by atoms with Gasteiger partial charge in [-0.25, -0.2) is 8.78 Å². The number of amides is 3. The van der Waals surface area contributed by atoms with Gasteiger partial charge in [0.15, 0.2) is 0 Å². The second-order valence-electron chi connectivity index (χ2n) is 10.4. The normalized spacial score (nSPS) is 17.7. The van der Waals surface area contributed by atoms with E-state index in [4.69, 9.17) is 4.74 Å². The summed E-state index contributed by atoms with van der Waals surface area (Å²) < 4.78 is 72.3. The SMILES string of the molecule is C/C=C/C(F)(F)CCN(CCC(F)(F)F)Cc1ccc(COc2cccc3c2CN(C2CCC(=O)NC2=O)C3=O)cc1. The minimum Gasteiger partial charge on any atom is -0.489 e. The summed E-state index contributed by atoms with van der Waals surface area (Å²) in [6.45, 7) is 1.24. The first-order chi connectivity index (χ1) is 19.8. The van der Waals surface area contributed by atoms with Crippen molar-refractivity contribution in [3.63, 3.8) is 0 Å². The first-order valence-corrected chi connectivity index (χ1v) is 13.6. The maximum Gasteiger partial charge on any atom is 0.390 e. The van der Waals surface area contributed by atoms with Crippen LogP contribution in [0.5, 0.6) is 5.75 Å². The molecule has 2 aromatic carbocycles. The minimum absolute atomic E-state index is 0.0770. The topological polar surface area (TPSA) is 79.0 Å². The van der Waals surface area contributed by atoms with E-state index in [1.54, 1.807) is 42.5 Å². The maximum absolute atomic E-state index is 13.9. The van der Waals surface area contributed by atoms with Crippen LogP contribution >= 0.6 is 0 Å². The van der Waals surface area contributed by atoms with Crippen molar-refractivity contribution >= 4 is 17.7 Å². The number of hydrogen-bond donors (Lipinski definition) is 1. The lowest BCUT2D eigenvalue weighted by atomic mass is 10.0. The molecule has 0 saturated carbocycles. The zero-order valence-corrected chi connectivity index (χ0v) is 23.1. The highest BCUT2D eigenvalue weighted by Crippen LogP contribution is 2.34. The van der Waals surface area contributed by atoms with Crippen molar-refractivity contribution in [3.05, 3.63) is 76.9 Å². The van der Waals surface area contributed by atoms with E-state index >= 15 is 0 Å². The van der Waals surface area contributed by atoms with Gasteiger partial charge in [-0.05, 0) is 42.7 Å². The summed E-state index contributed by atoms with van der Waals surface area (Å²) in [5.74, 6) is -3.81. The second-order valence-corrected chi connectivity index (χ2v) is 10.4. The highest BCUT2D eigenvalue weighted by Gasteiger charge is 2.40. The number of nitrogens with one attached hydrogen (secondary N) is 1. The van der Waals surface area contributed by atoms with Gasteiger partial charge >= 0.3 is 6.18 Å². The molecular formula is C30H32F5N3O4. The second kappa shape index (κ2) is 13.0. The number of carbonyl (C=O) groups excluding carboxylic acids is 3. The number of nitrogens with zero attached hydrogens (tertiary/aromatic N) is 2. The van der Waals surface area contributed by atoms with E-state index in [0.717, 1.165) is 11.6 Å². The summed E-state index contributed by atoms with van der Waals surface area (Å²) in [4.78, 5) is 39.6. The lowest BCUT2D eigenvalue weighted by Gasteiger charge is -2.29. The van der Waals surface area contributed by atoms with Crippen LogP contribution in [0.3, 0.4) is 0 Å². The van der Waals surface area contributed by atoms with E-state index in [0.29, 0.717) is 22.4 Å². The predicted molar refractivity (Wildman–Crippen MR) is 144 cm³/mol. The Kier molecular flexibility index (Phi) is 9.65. The molecule has 1 N–H and O–H groups in total. The Balaban J connectivity index is 1.38. The van der Waals surface area contributed by atoms with Crippen molar-refractivity contribution in [2.45, 2.75) is 70.4 Å². The molecule has 1 fully saturated rings. The number of rotatable bonds is 12. The van der Waals surface area contributed by atoms with Gasteiger partial charge < -0.3 is 9.64 Å². The Morgan fingerprint density at radius 2 is 1.69 bits per heavy atom. The van der Waals surface area contributed by atoms with Crippen LogP contribution in [0.25, 0.3) is 0 Å². The number of fused-ring (bicyclic) bond motifs is 1. The average Bonchev–Trinajstić information content (AvgIpc) is 3.26. The fourth-order valence-electron chi connectivity index (χ4n) is 5.04. The highest BCUT2D eigenvalue weighted by atomic mass is 19.4. The van der Waals surface area contributed by atoms with Gasteiger partial charge in [0.1, 0.15) is 18.4 Å². The van der Waals surface area contributed by atoms with Crippen LogP contribution in [0, 0.1) is 0 Å². The van der Waals surface area contributed by atoms with Gasteiger partial charge in [-0.15, -0.1) is 0 Å². The molecule has 4 rings (SSSR count). The number of piperidine rings is 1. The number of alkyl halides is 5. The third-order valence-corrected chi connectivity index (χ3v) is 7.25. The number of ether oxygens (including phenoxy) is 1. The molecule has 1 atom stereocenters. The number of imide groups is 1. The van der Waals surface area contributed by atoms with Crippen molar-refractivity contribution in [2.75, 3.05) is 13.1 Å². The third-order valence-electron chi connectivity index (χ3n) is 7.25. The molecule has 42 heavy (non-hydrogen) atoms. The summed E-state index contributed by atoms with van der Waals surface area (Å²) in [6.07, 6.45) is -3.72. The van der Waals surface area contributed by atoms with Crippen molar-refractivity contribution in [1.82, 2.24) is 15.1 Å². The van der Waals surface area contributed by atoms with Crippen LogP contribution in [0.2, 0.25) is 0 Å². The maximum atomic E-state index is 13.9. The quantitative estimate of drug-likeness (QED) is 0.203. The number of allylic oxidation sites excluding steroid dienone is 2. The number of halogens is 5. The molecule has 0 bridgehead atoms. The van der Waals surface area contributed by atoms with Crippen molar-refractivity contribution in [3.8, 4) is 5.75 Å². The molecule has 1 unspecified atom stereocenters. The Morgan fingerprint density at radius 1 is 1.00 bits per heavy atom. The van der Waals surface area contributed by atoms with Gasteiger partial charge in [0.25, 0.3) is 11.8 Å². The summed E-state index contributed by atoms with van der Waals surface area (Å²) in [5.41, 5.74) is 2.48. The van der Waals surface area contributed by atoms with Gasteiger partial charge in [0, 0.05) is 43.6 Å². The zero-order valence-electron chi connectivity index (χ0n) is 23.1. The van der Waals surface area contributed by atoms with E-state index in [2.05, 4.69) is 5.32 Å². The molecule has 2 heterocycles.